The zero-order valence-electron chi connectivity index (χ0n) is 17.5. The van der Waals surface area contributed by atoms with Crippen molar-refractivity contribution >= 4 is 20.4 Å². The van der Waals surface area contributed by atoms with Gasteiger partial charge in [0.05, 0.1) is 15.2 Å². The van der Waals surface area contributed by atoms with Gasteiger partial charge in [-0.1, -0.05) is 124 Å². The molecule has 0 bridgehead atoms. The maximum atomic E-state index is 13.3. The van der Waals surface area contributed by atoms with Crippen LogP contribution in [0.15, 0.2) is 48.5 Å². The van der Waals surface area contributed by atoms with E-state index in [1.807, 2.05) is 12.1 Å². The topological polar surface area (TPSA) is 0 Å². The quantitative estimate of drug-likeness (QED) is 0.449. The van der Waals surface area contributed by atoms with Gasteiger partial charge in [0, 0.05) is 0 Å². The molecule has 2 aromatic carbocycles. The summed E-state index contributed by atoms with van der Waals surface area (Å²) in [4.78, 5) is 0. The first-order chi connectivity index (χ1) is 13.7. The van der Waals surface area contributed by atoms with Crippen molar-refractivity contribution in [3.8, 4) is 11.1 Å². The molecule has 0 aliphatic carbocycles. The standard InChI is InChI=1S/C25H35FSi2/c1-2-17-27(18-5-3-6-19-27)28(20-7-4-8-21-28)25-15-11-23(12-16-25)22-9-13-24(26)14-10-22/h9-16H,2-8,17-21H2,1H3. The molecule has 3 heteroatoms. The predicted molar refractivity (Wildman–Crippen MR) is 125 cm³/mol. The highest BCUT2D eigenvalue weighted by molar-refractivity contribution is 7.47. The molecule has 0 amide bonds. The summed E-state index contributed by atoms with van der Waals surface area (Å²) in [6.45, 7) is 2.44. The van der Waals surface area contributed by atoms with E-state index in [4.69, 9.17) is 0 Å². The minimum absolute atomic E-state index is 0.154. The molecule has 0 aromatic heterocycles. The van der Waals surface area contributed by atoms with E-state index in [0.29, 0.717) is 0 Å². The van der Waals surface area contributed by atoms with Crippen molar-refractivity contribution in [1.29, 1.82) is 0 Å². The molecule has 2 aromatic rings. The van der Waals surface area contributed by atoms with E-state index < -0.39 is 15.2 Å². The zero-order chi connectivity index (χ0) is 19.5. The Kier molecular flexibility index (Phi) is 6.22. The van der Waals surface area contributed by atoms with Crippen LogP contribution < -0.4 is 5.19 Å². The fourth-order valence-corrected chi connectivity index (χ4v) is 29.3. The fourth-order valence-electron chi connectivity index (χ4n) is 6.58. The van der Waals surface area contributed by atoms with Crippen molar-refractivity contribution in [2.75, 3.05) is 0 Å². The Morgan fingerprint density at radius 2 is 1.18 bits per heavy atom. The molecule has 2 aliphatic heterocycles. The van der Waals surface area contributed by atoms with Crippen LogP contribution in [0.2, 0.25) is 30.2 Å². The summed E-state index contributed by atoms with van der Waals surface area (Å²) in [7, 11) is -2.57. The lowest BCUT2D eigenvalue weighted by molar-refractivity contribution is 0.628. The third-order valence-corrected chi connectivity index (χ3v) is 28.5. The van der Waals surface area contributed by atoms with Crippen LogP contribution in [-0.2, 0) is 0 Å². The average molecular weight is 411 g/mol. The molecule has 0 N–H and O–H groups in total. The molecule has 4 rings (SSSR count). The first kappa shape index (κ1) is 20.1. The molecule has 0 atom stereocenters. The maximum absolute atomic E-state index is 13.3. The molecular formula is C25H35FSi2. The van der Waals surface area contributed by atoms with Crippen molar-refractivity contribution in [2.24, 2.45) is 0 Å². The molecule has 0 saturated carbocycles. The van der Waals surface area contributed by atoms with Gasteiger partial charge in [-0.05, 0) is 23.3 Å². The molecule has 0 radical (unpaired) electrons. The summed E-state index contributed by atoms with van der Waals surface area (Å²) in [5.41, 5.74) is 2.36. The zero-order valence-corrected chi connectivity index (χ0v) is 19.5. The predicted octanol–water partition coefficient (Wildman–Crippen LogP) is 7.45. The third-order valence-electron chi connectivity index (χ3n) is 7.88. The average Bonchev–Trinajstić information content (AvgIpc) is 2.76. The highest BCUT2D eigenvalue weighted by Gasteiger charge is 2.54. The monoisotopic (exact) mass is 410 g/mol. The second-order valence-electron chi connectivity index (χ2n) is 9.32. The molecule has 0 nitrogen and oxygen atoms in total. The van der Waals surface area contributed by atoms with Gasteiger partial charge in [-0.3, -0.25) is 0 Å². The number of rotatable bonds is 5. The van der Waals surface area contributed by atoms with Crippen LogP contribution in [0.3, 0.4) is 0 Å². The fraction of sp³-hybridized carbons (Fsp3) is 0.520. The highest BCUT2D eigenvalue weighted by Crippen LogP contribution is 2.46. The van der Waals surface area contributed by atoms with E-state index in [1.165, 1.54) is 50.5 Å². The van der Waals surface area contributed by atoms with Gasteiger partial charge in [-0.25, -0.2) is 4.39 Å². The number of benzene rings is 2. The minimum atomic E-state index is -1.38. The Bertz CT molecular complexity index is 749. The first-order valence-corrected chi connectivity index (χ1v) is 17.6. The summed E-state index contributed by atoms with van der Waals surface area (Å²) in [6.07, 6.45) is 10.3. The summed E-state index contributed by atoms with van der Waals surface area (Å²) in [5.74, 6) is -0.154. The summed E-state index contributed by atoms with van der Waals surface area (Å²) in [5, 5.41) is 1.78. The van der Waals surface area contributed by atoms with Crippen LogP contribution in [-0.4, -0.2) is 15.2 Å². The molecule has 0 spiro atoms. The van der Waals surface area contributed by atoms with E-state index in [2.05, 4.69) is 31.2 Å². The molecule has 28 heavy (non-hydrogen) atoms. The Labute approximate surface area is 172 Å². The van der Waals surface area contributed by atoms with Crippen molar-refractivity contribution in [3.63, 3.8) is 0 Å². The van der Waals surface area contributed by atoms with Crippen LogP contribution in [0.5, 0.6) is 0 Å². The van der Waals surface area contributed by atoms with Crippen LogP contribution in [0.1, 0.15) is 51.9 Å². The lowest BCUT2D eigenvalue weighted by Crippen LogP contribution is -2.70. The normalized spacial score (nSPS) is 21.4. The largest absolute Gasteiger partial charge is 0.207 e. The lowest BCUT2D eigenvalue weighted by Gasteiger charge is -2.53. The van der Waals surface area contributed by atoms with Gasteiger partial charge in [0.2, 0.25) is 0 Å². The molecule has 2 aliphatic rings. The van der Waals surface area contributed by atoms with Crippen molar-refractivity contribution in [2.45, 2.75) is 82.1 Å². The van der Waals surface area contributed by atoms with E-state index in [9.17, 15) is 4.39 Å². The Morgan fingerprint density at radius 1 is 0.679 bits per heavy atom. The van der Waals surface area contributed by atoms with E-state index >= 15 is 0 Å². The van der Waals surface area contributed by atoms with Crippen LogP contribution >= 0.6 is 0 Å². The Hall–Kier alpha value is -1.20. The van der Waals surface area contributed by atoms with Crippen molar-refractivity contribution in [3.05, 3.63) is 54.3 Å². The van der Waals surface area contributed by atoms with Crippen LogP contribution in [0.25, 0.3) is 11.1 Å². The lowest BCUT2D eigenvalue weighted by atomic mass is 10.1. The Morgan fingerprint density at radius 3 is 1.71 bits per heavy atom. The maximum Gasteiger partial charge on any atom is 0.123 e. The molecule has 150 valence electrons. The molecular weight excluding hydrogens is 375 g/mol. The van der Waals surface area contributed by atoms with Gasteiger partial charge < -0.3 is 0 Å². The van der Waals surface area contributed by atoms with Gasteiger partial charge >= 0.3 is 0 Å². The van der Waals surface area contributed by atoms with Gasteiger partial charge in [0.1, 0.15) is 5.82 Å². The van der Waals surface area contributed by atoms with E-state index in [0.717, 1.165) is 5.56 Å². The highest BCUT2D eigenvalue weighted by atomic mass is 29.3. The number of halogens is 1. The first-order valence-electron chi connectivity index (χ1n) is 11.6. The minimum Gasteiger partial charge on any atom is -0.207 e. The van der Waals surface area contributed by atoms with Gasteiger partial charge in [0.15, 0.2) is 0 Å². The van der Waals surface area contributed by atoms with E-state index in [-0.39, 0.29) is 5.82 Å². The van der Waals surface area contributed by atoms with Crippen molar-refractivity contribution < 1.29 is 4.39 Å². The second-order valence-corrected chi connectivity index (χ2v) is 23.2. The van der Waals surface area contributed by atoms with Crippen LogP contribution in [0.4, 0.5) is 4.39 Å². The summed E-state index contributed by atoms with van der Waals surface area (Å²) < 4.78 is 13.3. The van der Waals surface area contributed by atoms with Crippen LogP contribution in [0, 0.1) is 5.82 Å². The van der Waals surface area contributed by atoms with Crippen molar-refractivity contribution in [1.82, 2.24) is 0 Å². The van der Waals surface area contributed by atoms with Gasteiger partial charge in [-0.15, -0.1) is 0 Å². The summed E-state index contributed by atoms with van der Waals surface area (Å²) in [6, 6.07) is 24.6. The molecule has 2 fully saturated rings. The third kappa shape index (κ3) is 3.68. The number of hydrogen-bond acceptors (Lipinski definition) is 0. The van der Waals surface area contributed by atoms with Gasteiger partial charge in [0.25, 0.3) is 0 Å². The van der Waals surface area contributed by atoms with E-state index in [1.54, 1.807) is 47.5 Å². The summed E-state index contributed by atoms with van der Waals surface area (Å²) >= 11 is 0. The second kappa shape index (κ2) is 8.66. The SMILES string of the molecule is CCC[Si]1([Si]2(c3ccc(-c4ccc(F)cc4)cc3)CCCCC2)CCCCC1. The molecule has 0 unspecified atom stereocenters. The molecule has 2 heterocycles. The number of hydrogen-bond donors (Lipinski definition) is 0. The molecule has 2 saturated heterocycles. The Balaban J connectivity index is 1.72. The van der Waals surface area contributed by atoms with Gasteiger partial charge in [-0.2, -0.15) is 0 Å². The smallest absolute Gasteiger partial charge is 0.123 e.